The highest BCUT2D eigenvalue weighted by atomic mass is 32.1. The van der Waals surface area contributed by atoms with Crippen molar-refractivity contribution < 1.29 is 28.6 Å². The topological polar surface area (TPSA) is 82.1 Å². The molecule has 0 saturated carbocycles. The maximum absolute atomic E-state index is 12.7. The molecule has 0 radical (unpaired) electrons. The third-order valence-electron chi connectivity index (χ3n) is 2.69. The fourth-order valence-corrected chi connectivity index (χ4v) is 2.78. The van der Waals surface area contributed by atoms with E-state index in [0.717, 1.165) is 16.2 Å². The van der Waals surface area contributed by atoms with Crippen LogP contribution in [-0.4, -0.2) is 36.5 Å². The number of carbonyl (C=O) groups is 3. The number of esters is 1. The molecule has 0 spiro atoms. The van der Waals surface area contributed by atoms with Gasteiger partial charge in [-0.3, -0.25) is 0 Å². The Bertz CT molecular complexity index is 638. The van der Waals surface area contributed by atoms with Gasteiger partial charge in [0.05, 0.1) is 12.8 Å². The van der Waals surface area contributed by atoms with Crippen molar-refractivity contribution in [3.05, 3.63) is 15.8 Å². The molecule has 25 heavy (non-hydrogen) atoms. The van der Waals surface area contributed by atoms with Crippen LogP contribution in [0.1, 0.15) is 56.8 Å². The number of amides is 2. The predicted molar refractivity (Wildman–Crippen MR) is 95.3 cm³/mol. The zero-order chi connectivity index (χ0) is 19.6. The van der Waals surface area contributed by atoms with E-state index in [1.807, 2.05) is 0 Å². The van der Waals surface area contributed by atoms with Crippen molar-refractivity contribution in [2.75, 3.05) is 12.0 Å². The van der Waals surface area contributed by atoms with Crippen molar-refractivity contribution in [1.82, 2.24) is 0 Å². The Morgan fingerprint density at radius 1 is 0.960 bits per heavy atom. The molecule has 0 aliphatic rings. The molecule has 1 heterocycles. The number of hydrogen-bond donors (Lipinski definition) is 0. The SMILES string of the molecule is COC(=O)c1scc(C)c1N(C(=O)OC(C)(C)C)C(=O)OC(C)(C)C. The lowest BCUT2D eigenvalue weighted by atomic mass is 10.2. The van der Waals surface area contributed by atoms with Gasteiger partial charge in [0.15, 0.2) is 0 Å². The number of thiophene rings is 1. The summed E-state index contributed by atoms with van der Waals surface area (Å²) in [6.45, 7) is 11.8. The summed E-state index contributed by atoms with van der Waals surface area (Å²) in [5, 5.41) is 1.66. The number of hydrogen-bond acceptors (Lipinski definition) is 7. The molecule has 1 aromatic rings. The Labute approximate surface area is 151 Å². The number of imide groups is 1. The lowest BCUT2D eigenvalue weighted by Crippen LogP contribution is -2.44. The molecule has 0 fully saturated rings. The van der Waals surface area contributed by atoms with Gasteiger partial charge in [-0.1, -0.05) is 0 Å². The lowest BCUT2D eigenvalue weighted by molar-refractivity contribution is 0.0430. The largest absolute Gasteiger partial charge is 0.465 e. The van der Waals surface area contributed by atoms with Gasteiger partial charge in [0, 0.05) is 0 Å². The van der Waals surface area contributed by atoms with Crippen LogP contribution < -0.4 is 4.90 Å². The second kappa shape index (κ2) is 7.43. The van der Waals surface area contributed by atoms with Crippen LogP contribution in [0.4, 0.5) is 15.3 Å². The van der Waals surface area contributed by atoms with E-state index in [1.54, 1.807) is 53.8 Å². The predicted octanol–water partition coefficient (Wildman–Crippen LogP) is 4.52. The van der Waals surface area contributed by atoms with E-state index >= 15 is 0 Å². The molecular weight excluding hydrogens is 346 g/mol. The van der Waals surface area contributed by atoms with E-state index in [1.165, 1.54) is 7.11 Å². The van der Waals surface area contributed by atoms with E-state index in [2.05, 4.69) is 0 Å². The monoisotopic (exact) mass is 371 g/mol. The first kappa shape index (κ1) is 21.0. The number of rotatable bonds is 2. The fraction of sp³-hybridized carbons (Fsp3) is 0.588. The van der Waals surface area contributed by atoms with Crippen molar-refractivity contribution in [1.29, 1.82) is 0 Å². The lowest BCUT2D eigenvalue weighted by Gasteiger charge is -2.29. The maximum atomic E-state index is 12.7. The number of carbonyl (C=O) groups excluding carboxylic acids is 3. The minimum atomic E-state index is -0.923. The summed E-state index contributed by atoms with van der Waals surface area (Å²) >= 11 is 1.08. The molecule has 0 atom stereocenters. The fourth-order valence-electron chi connectivity index (χ4n) is 1.83. The first-order chi connectivity index (χ1) is 11.3. The Morgan fingerprint density at radius 3 is 1.76 bits per heavy atom. The van der Waals surface area contributed by atoms with Crippen molar-refractivity contribution in [2.24, 2.45) is 0 Å². The first-order valence-electron chi connectivity index (χ1n) is 7.69. The van der Waals surface area contributed by atoms with Crippen LogP contribution in [0.3, 0.4) is 0 Å². The second-order valence-electron chi connectivity index (χ2n) is 7.38. The third kappa shape index (κ3) is 5.74. The highest BCUT2D eigenvalue weighted by Gasteiger charge is 2.37. The van der Waals surface area contributed by atoms with Crippen LogP contribution in [0.25, 0.3) is 0 Å². The molecule has 0 aliphatic carbocycles. The standard InChI is InChI=1S/C17H25NO6S/c1-10-9-25-12(13(19)22-8)11(10)18(14(20)23-16(2,3)4)15(21)24-17(5,6)7/h9H,1-8H3. The summed E-state index contributed by atoms with van der Waals surface area (Å²) in [7, 11) is 1.23. The van der Waals surface area contributed by atoms with Crippen molar-refractivity contribution in [3.8, 4) is 0 Å². The molecule has 0 N–H and O–H groups in total. The molecule has 0 unspecified atom stereocenters. The molecule has 2 amide bonds. The van der Waals surface area contributed by atoms with Crippen molar-refractivity contribution >= 4 is 35.2 Å². The van der Waals surface area contributed by atoms with Gasteiger partial charge in [-0.05, 0) is 59.4 Å². The molecule has 0 saturated heterocycles. The van der Waals surface area contributed by atoms with Crippen molar-refractivity contribution in [3.63, 3.8) is 0 Å². The Hall–Kier alpha value is -2.09. The molecular formula is C17H25NO6S. The van der Waals surface area contributed by atoms with E-state index in [0.29, 0.717) is 5.56 Å². The average molecular weight is 371 g/mol. The summed E-state index contributed by atoms with van der Waals surface area (Å²) in [5.41, 5.74) is -0.984. The van der Waals surface area contributed by atoms with Gasteiger partial charge < -0.3 is 14.2 Å². The van der Waals surface area contributed by atoms with Gasteiger partial charge in [-0.2, -0.15) is 4.90 Å². The molecule has 7 nitrogen and oxygen atoms in total. The zero-order valence-corrected chi connectivity index (χ0v) is 16.7. The maximum Gasteiger partial charge on any atom is 0.424 e. The van der Waals surface area contributed by atoms with Crippen molar-refractivity contribution in [2.45, 2.75) is 59.7 Å². The van der Waals surface area contributed by atoms with Crippen LogP contribution in [0.15, 0.2) is 5.38 Å². The molecule has 1 aromatic heterocycles. The number of methoxy groups -OCH3 is 1. The minimum Gasteiger partial charge on any atom is -0.465 e. The van der Waals surface area contributed by atoms with Gasteiger partial charge in [0.2, 0.25) is 0 Å². The van der Waals surface area contributed by atoms with Gasteiger partial charge >= 0.3 is 18.2 Å². The van der Waals surface area contributed by atoms with Gasteiger partial charge in [0.25, 0.3) is 0 Å². The van der Waals surface area contributed by atoms with Gasteiger partial charge in [0.1, 0.15) is 16.1 Å². The first-order valence-corrected chi connectivity index (χ1v) is 8.57. The molecule has 0 aromatic carbocycles. The Kier molecular flexibility index (Phi) is 6.23. The number of ether oxygens (including phenoxy) is 3. The van der Waals surface area contributed by atoms with Gasteiger partial charge in [-0.15, -0.1) is 11.3 Å². The normalized spacial score (nSPS) is 11.7. The van der Waals surface area contributed by atoms with Gasteiger partial charge in [-0.25, -0.2) is 14.4 Å². The van der Waals surface area contributed by atoms with Crippen LogP contribution >= 0.6 is 11.3 Å². The minimum absolute atomic E-state index is 0.111. The summed E-state index contributed by atoms with van der Waals surface area (Å²) < 4.78 is 15.4. The number of aryl methyl sites for hydroxylation is 1. The van der Waals surface area contributed by atoms with Crippen LogP contribution in [0.2, 0.25) is 0 Å². The summed E-state index contributed by atoms with van der Waals surface area (Å²) in [6, 6.07) is 0. The quantitative estimate of drug-likeness (QED) is 0.561. The smallest absolute Gasteiger partial charge is 0.424 e. The third-order valence-corrected chi connectivity index (χ3v) is 3.76. The number of anilines is 1. The Morgan fingerprint density at radius 2 is 1.40 bits per heavy atom. The summed E-state index contributed by atoms with van der Waals surface area (Å²) in [5.74, 6) is -0.648. The van der Waals surface area contributed by atoms with E-state index in [9.17, 15) is 14.4 Å². The molecule has 140 valence electrons. The molecule has 1 rings (SSSR count). The summed E-state index contributed by atoms with van der Waals surface area (Å²) in [6.07, 6.45) is -1.85. The highest BCUT2D eigenvalue weighted by molar-refractivity contribution is 7.12. The Balaban J connectivity index is 3.42. The van der Waals surface area contributed by atoms with E-state index in [4.69, 9.17) is 14.2 Å². The highest BCUT2D eigenvalue weighted by Crippen LogP contribution is 2.34. The van der Waals surface area contributed by atoms with Crippen LogP contribution in [-0.2, 0) is 14.2 Å². The van der Waals surface area contributed by atoms with E-state index in [-0.39, 0.29) is 10.6 Å². The van der Waals surface area contributed by atoms with Crippen LogP contribution in [0, 0.1) is 6.92 Å². The number of nitrogens with zero attached hydrogens (tertiary/aromatic N) is 1. The second-order valence-corrected chi connectivity index (χ2v) is 8.26. The molecule has 8 heteroatoms. The van der Waals surface area contributed by atoms with Crippen LogP contribution in [0.5, 0.6) is 0 Å². The average Bonchev–Trinajstić information content (AvgIpc) is 2.76. The zero-order valence-electron chi connectivity index (χ0n) is 15.9. The van der Waals surface area contributed by atoms with E-state index < -0.39 is 29.4 Å². The molecule has 0 aliphatic heterocycles. The summed E-state index contributed by atoms with van der Waals surface area (Å²) in [4.78, 5) is 38.2. The molecule has 0 bridgehead atoms.